The van der Waals surface area contributed by atoms with E-state index in [1.165, 1.54) is 0 Å². The van der Waals surface area contributed by atoms with Gasteiger partial charge in [-0.3, -0.25) is 0 Å². The van der Waals surface area contributed by atoms with Crippen molar-refractivity contribution in [2.24, 2.45) is 0 Å². The normalized spacial score (nSPS) is 5.00. The summed E-state index contributed by atoms with van der Waals surface area (Å²) in [6, 6.07) is 0. The fourth-order valence-corrected chi connectivity index (χ4v) is 0. The topological polar surface area (TPSA) is 316 Å². The summed E-state index contributed by atoms with van der Waals surface area (Å²) in [6.07, 6.45) is 0. The van der Waals surface area contributed by atoms with Gasteiger partial charge in [0.1, 0.15) is 0 Å². The van der Waals surface area contributed by atoms with Crippen molar-refractivity contribution in [3.8, 4) is 0 Å². The molecule has 0 aromatic carbocycles. The van der Waals surface area contributed by atoms with Gasteiger partial charge in [0.2, 0.25) is 0 Å². The van der Waals surface area contributed by atoms with Crippen LogP contribution in [-0.2, 0) is 22.3 Å². The second kappa shape index (κ2) is 50.3. The Balaban J connectivity index is -0.0000000161. The fraction of sp³-hybridized carbons (Fsp3) is 0. The van der Waals surface area contributed by atoms with Gasteiger partial charge in [0.25, 0.3) is 0 Å². The van der Waals surface area contributed by atoms with Crippen LogP contribution in [0.3, 0.4) is 0 Å². The van der Waals surface area contributed by atoms with E-state index in [4.69, 9.17) is 70.3 Å². The minimum absolute atomic E-state index is 0. The Morgan fingerprint density at radius 1 is 0.333 bits per heavy atom. The van der Waals surface area contributed by atoms with Crippen LogP contribution in [0.1, 0.15) is 0 Å². The number of hydrogen-bond donors (Lipinski definition) is 0. The third-order valence-electron chi connectivity index (χ3n) is 0. The third-order valence-corrected chi connectivity index (χ3v) is 0. The third kappa shape index (κ3) is 1290. The molecular weight excluding hydrogens is 833 g/mol. The molecule has 0 N–H and O–H groups in total. The molecule has 120 valence electrons. The molecular formula is La2O15Si5Sr2. The predicted octanol–water partition coefficient (Wildman–Crippen LogP) is -15.1. The SMILES string of the molecule is O=[Si]([O-])[O-].O=[Si]([O-])[O-].O=[Si]([O-])[O-].O=[Si]([O-])[O-].O=[Si]([O-])[O-].[La+3].[La+3].[Sr+2].[Sr+2]. The zero-order chi connectivity index (χ0) is 17.9. The van der Waals surface area contributed by atoms with Crippen LogP contribution < -0.4 is 48.0 Å². The van der Waals surface area contributed by atoms with E-state index in [1.54, 1.807) is 0 Å². The molecule has 0 aromatic rings. The van der Waals surface area contributed by atoms with Gasteiger partial charge in [-0.2, -0.15) is 0 Å². The summed E-state index contributed by atoms with van der Waals surface area (Å²) in [4.78, 5) is 85.2. The molecule has 0 aliphatic heterocycles. The van der Waals surface area contributed by atoms with Crippen LogP contribution in [-0.4, -0.2) is 137 Å². The number of rotatable bonds is 0. The van der Waals surface area contributed by atoms with Crippen LogP contribution in [0, 0.1) is 71.2 Å². The van der Waals surface area contributed by atoms with E-state index in [2.05, 4.69) is 0 Å². The Kier molecular flexibility index (Phi) is 118. The van der Waals surface area contributed by atoms with Crippen LogP contribution in [0.4, 0.5) is 0 Å². The maximum absolute atomic E-state index is 8.52. The molecule has 0 fully saturated rings. The van der Waals surface area contributed by atoms with Crippen molar-refractivity contribution in [1.82, 2.24) is 0 Å². The second-order valence-electron chi connectivity index (χ2n) is 1.25. The van der Waals surface area contributed by atoms with Crippen LogP contribution in [0.15, 0.2) is 0 Å². The van der Waals surface area contributed by atoms with E-state index >= 15 is 0 Å². The maximum atomic E-state index is 8.52. The minimum atomic E-state index is -3.63. The van der Waals surface area contributed by atoms with Crippen molar-refractivity contribution in [2.45, 2.75) is 0 Å². The quantitative estimate of drug-likeness (QED) is 0.205. The van der Waals surface area contributed by atoms with E-state index in [9.17, 15) is 0 Å². The van der Waals surface area contributed by atoms with Crippen molar-refractivity contribution in [3.05, 3.63) is 0 Å². The molecule has 0 radical (unpaired) electrons. The molecule has 0 bridgehead atoms. The molecule has 0 spiro atoms. The molecule has 0 unspecified atom stereocenters. The van der Waals surface area contributed by atoms with Crippen LogP contribution in [0.25, 0.3) is 0 Å². The molecule has 0 aliphatic carbocycles. The zero-order valence-electron chi connectivity index (χ0n) is 11.2. The summed E-state index contributed by atoms with van der Waals surface area (Å²) in [5.74, 6) is 0. The van der Waals surface area contributed by atoms with Crippen molar-refractivity contribution in [3.63, 3.8) is 0 Å². The molecule has 0 saturated heterocycles. The molecule has 0 amide bonds. The predicted molar refractivity (Wildman–Crippen MR) is 43.7 cm³/mol. The molecule has 24 heteroatoms. The van der Waals surface area contributed by atoms with Gasteiger partial charge in [0.15, 0.2) is 0 Å². The van der Waals surface area contributed by atoms with Gasteiger partial charge < -0.3 is 70.3 Å². The first kappa shape index (κ1) is 56.4. The van der Waals surface area contributed by atoms with Gasteiger partial charge in [0.05, 0.1) is 0 Å². The molecule has 0 aromatic heterocycles. The van der Waals surface area contributed by atoms with E-state index in [0.717, 1.165) is 0 Å². The van der Waals surface area contributed by atoms with Crippen LogP contribution >= 0.6 is 0 Å². The Morgan fingerprint density at radius 2 is 0.333 bits per heavy atom. The summed E-state index contributed by atoms with van der Waals surface area (Å²) in [5.41, 5.74) is 0. The molecule has 0 aliphatic rings. The van der Waals surface area contributed by atoms with Crippen molar-refractivity contribution in [2.75, 3.05) is 0 Å². The van der Waals surface area contributed by atoms with Gasteiger partial charge in [-0.1, -0.05) is 0 Å². The van der Waals surface area contributed by atoms with Gasteiger partial charge in [-0.25, -0.2) is 0 Å². The van der Waals surface area contributed by atoms with Crippen molar-refractivity contribution >= 4 is 137 Å². The standard InChI is InChI=1S/2La.5O3Si.2Sr/c;;5*1-4(2)3;;/q2*+3;5*-2;2*+2. The van der Waals surface area contributed by atoms with Crippen molar-refractivity contribution < 1.29 is 141 Å². The summed E-state index contributed by atoms with van der Waals surface area (Å²) < 4.78 is 42.6. The summed E-state index contributed by atoms with van der Waals surface area (Å²) in [6.45, 7) is 0. The summed E-state index contributed by atoms with van der Waals surface area (Å²) in [5, 5.41) is 0. The van der Waals surface area contributed by atoms with E-state index in [-0.39, 0.29) is 162 Å². The Hall–Kier alpha value is 3.44. The van der Waals surface area contributed by atoms with E-state index < -0.39 is 45.9 Å². The monoisotopic (exact) mass is 833 g/mol. The molecule has 0 atom stereocenters. The average molecular weight is 833 g/mol. The zero-order valence-corrected chi connectivity index (χ0v) is 30.4. The molecule has 15 nitrogen and oxygen atoms in total. The van der Waals surface area contributed by atoms with E-state index in [0.29, 0.717) is 0 Å². The van der Waals surface area contributed by atoms with Crippen LogP contribution in [0.2, 0.25) is 0 Å². The minimum Gasteiger partial charge on any atom is -0.672 e. The summed E-state index contributed by atoms with van der Waals surface area (Å²) in [7, 11) is -18.1. The summed E-state index contributed by atoms with van der Waals surface area (Å²) >= 11 is 0. The molecule has 0 rings (SSSR count). The second-order valence-corrected chi connectivity index (χ2v) is 3.75. The first-order chi connectivity index (χ1) is 8.66. The first-order valence-corrected chi connectivity index (χ1v) is 9.19. The van der Waals surface area contributed by atoms with Crippen molar-refractivity contribution in [1.29, 1.82) is 0 Å². The first-order valence-electron chi connectivity index (χ1n) is 3.06. The van der Waals surface area contributed by atoms with Gasteiger partial charge in [0, 0.05) is 45.9 Å². The van der Waals surface area contributed by atoms with Gasteiger partial charge in [-0.15, -0.1) is 0 Å². The molecule has 24 heavy (non-hydrogen) atoms. The Bertz CT molecular complexity index is 221. The van der Waals surface area contributed by atoms with Gasteiger partial charge >= 0.3 is 162 Å². The largest absolute Gasteiger partial charge is 3.00 e. The molecule has 0 heterocycles. The fourth-order valence-electron chi connectivity index (χ4n) is 0. The smallest absolute Gasteiger partial charge is 0.672 e. The average Bonchev–Trinajstić information content (AvgIpc) is 1.94. The van der Waals surface area contributed by atoms with E-state index in [1.807, 2.05) is 0 Å². The maximum Gasteiger partial charge on any atom is 3.00 e. The Morgan fingerprint density at radius 3 is 0.333 bits per heavy atom. The Labute approximate surface area is 272 Å². The molecule has 0 saturated carbocycles. The van der Waals surface area contributed by atoms with Crippen LogP contribution in [0.5, 0.6) is 0 Å². The number of hydrogen-bond acceptors (Lipinski definition) is 15. The van der Waals surface area contributed by atoms with Gasteiger partial charge in [-0.05, 0) is 0 Å².